The minimum atomic E-state index is -0.637. The Morgan fingerprint density at radius 3 is 1.49 bits per heavy atom. The zero-order valence-electron chi connectivity index (χ0n) is 57.3. The van der Waals surface area contributed by atoms with E-state index in [1.165, 1.54) is 49.9 Å². The van der Waals surface area contributed by atoms with Gasteiger partial charge in [0.05, 0.1) is 104 Å². The number of halogens is 2. The van der Waals surface area contributed by atoms with E-state index < -0.39 is 29.9 Å². The molecule has 1 saturated carbocycles. The molecule has 6 N–H and O–H groups in total. The number of carbonyl (C=O) groups excluding carboxylic acids is 3. The zero-order chi connectivity index (χ0) is 71.7. The number of aromatic amines is 3. The number of rotatable bonds is 18. The van der Waals surface area contributed by atoms with Crippen molar-refractivity contribution in [2.75, 3.05) is 88.4 Å². The Bertz CT molecular complexity index is 4900. The van der Waals surface area contributed by atoms with Gasteiger partial charge in [-0.05, 0) is 142 Å². The van der Waals surface area contributed by atoms with Crippen LogP contribution in [0.3, 0.4) is 0 Å². The van der Waals surface area contributed by atoms with Crippen LogP contribution in [0.1, 0.15) is 64.4 Å². The fourth-order valence-corrected chi connectivity index (χ4v) is 12.1. The van der Waals surface area contributed by atoms with E-state index in [-0.39, 0.29) is 43.5 Å². The van der Waals surface area contributed by atoms with Crippen LogP contribution < -0.4 is 20.7 Å². The van der Waals surface area contributed by atoms with Crippen molar-refractivity contribution in [3.8, 4) is 73.2 Å². The molecular weight excluding hydrogens is 1340 g/mol. The number of hydrogen-bond donors (Lipinski definition) is 6. The van der Waals surface area contributed by atoms with Crippen molar-refractivity contribution in [1.29, 1.82) is 0 Å². The van der Waals surface area contributed by atoms with E-state index in [9.17, 15) is 23.2 Å². The number of hydrogen-bond acceptors (Lipinski definition) is 22. The highest BCUT2D eigenvalue weighted by Crippen LogP contribution is 2.37. The first-order valence-electron chi connectivity index (χ1n) is 34.3. The molecule has 3 fully saturated rings. The number of carbonyl (C=O) groups is 3. The van der Waals surface area contributed by atoms with Gasteiger partial charge in [-0.1, -0.05) is 18.6 Å². The van der Waals surface area contributed by atoms with Crippen LogP contribution in [0.25, 0.3) is 100 Å². The first-order valence-corrected chi connectivity index (χ1v) is 34.3. The third-order valence-corrected chi connectivity index (χ3v) is 17.1. The molecule has 534 valence electrons. The Balaban J connectivity index is 0.000000139. The van der Waals surface area contributed by atoms with Gasteiger partial charge in [-0.15, -0.1) is 0 Å². The number of amides is 3. The molecule has 30 heteroatoms. The SMILES string of the molecule is CCOC(=O)Nc1nc2c(-c3ccc(F)cn3)cc(-c3ccc(CN4CCOCC4)nc3)cc2[nH]1.CCOC(=O)Nc1nc2c(-c3ccccn3)cc(-c3cnc(OC4CCCCC4)nc3)cc2[nH]1.CCOC(=O)Nc1nc2c(-c3ncccc3F)cc(-c3cnc(CN4CCOCC4)nc3)cc2[nH]1. The third kappa shape index (κ3) is 17.9. The summed E-state index contributed by atoms with van der Waals surface area (Å²) in [5.41, 5.74) is 13.3. The lowest BCUT2D eigenvalue weighted by atomic mass is 9.98. The number of nitrogens with zero attached hydrogens (tertiary/aromatic N) is 13. The van der Waals surface area contributed by atoms with Gasteiger partial charge in [0.2, 0.25) is 17.8 Å². The van der Waals surface area contributed by atoms with Crippen molar-refractivity contribution in [2.45, 2.75) is 72.1 Å². The van der Waals surface area contributed by atoms with Crippen molar-refractivity contribution in [1.82, 2.24) is 79.6 Å². The molecule has 11 heterocycles. The summed E-state index contributed by atoms with van der Waals surface area (Å²) < 4.78 is 59.8. The predicted molar refractivity (Wildman–Crippen MR) is 385 cm³/mol. The molecule has 9 aromatic heterocycles. The third-order valence-electron chi connectivity index (χ3n) is 17.1. The van der Waals surface area contributed by atoms with Crippen molar-refractivity contribution < 1.29 is 51.6 Å². The Hall–Kier alpha value is -11.9. The molecule has 12 aromatic rings. The van der Waals surface area contributed by atoms with Crippen molar-refractivity contribution >= 4 is 69.2 Å². The minimum absolute atomic E-state index is 0.151. The average Bonchev–Trinajstić information content (AvgIpc) is 1.60. The lowest BCUT2D eigenvalue weighted by Crippen LogP contribution is -2.36. The van der Waals surface area contributed by atoms with E-state index in [1.54, 1.807) is 63.9 Å². The van der Waals surface area contributed by atoms with Gasteiger partial charge in [0, 0.05) is 109 Å². The van der Waals surface area contributed by atoms with Gasteiger partial charge in [0.15, 0.2) is 0 Å². The molecule has 0 bridgehead atoms. The Morgan fingerprint density at radius 2 is 0.990 bits per heavy atom. The number of morpholine rings is 2. The number of nitrogens with one attached hydrogen (secondary N) is 6. The first kappa shape index (κ1) is 70.6. The summed E-state index contributed by atoms with van der Waals surface area (Å²) in [6.45, 7) is 13.8. The highest BCUT2D eigenvalue weighted by Gasteiger charge is 2.23. The summed E-state index contributed by atoms with van der Waals surface area (Å²) in [4.78, 5) is 98.6. The van der Waals surface area contributed by atoms with Crippen molar-refractivity contribution in [3.05, 3.63) is 164 Å². The predicted octanol–water partition coefficient (Wildman–Crippen LogP) is 13.2. The van der Waals surface area contributed by atoms with Crippen LogP contribution in [0.2, 0.25) is 0 Å². The number of anilines is 3. The fraction of sp³-hybridized carbons (Fsp3) is 0.297. The first-order chi connectivity index (χ1) is 50.9. The summed E-state index contributed by atoms with van der Waals surface area (Å²) in [5, 5.41) is 7.77. The number of H-pyrrole nitrogens is 3. The maximum absolute atomic E-state index is 14.7. The number of aromatic nitrogens is 14. The van der Waals surface area contributed by atoms with E-state index in [2.05, 4.69) is 95.5 Å². The lowest BCUT2D eigenvalue weighted by molar-refractivity contribution is 0.0330. The topological polar surface area (TPSA) is 338 Å². The van der Waals surface area contributed by atoms with Crippen molar-refractivity contribution in [3.63, 3.8) is 0 Å². The summed E-state index contributed by atoms with van der Waals surface area (Å²) in [6.07, 6.45) is 17.4. The largest absolute Gasteiger partial charge is 0.460 e. The summed E-state index contributed by atoms with van der Waals surface area (Å²) in [6, 6.07) is 27.5. The Morgan fingerprint density at radius 1 is 0.490 bits per heavy atom. The Kier molecular flexibility index (Phi) is 22.9. The summed E-state index contributed by atoms with van der Waals surface area (Å²) in [7, 11) is 0. The van der Waals surface area contributed by atoms with Gasteiger partial charge in [-0.25, -0.2) is 58.1 Å². The Labute approximate surface area is 595 Å². The van der Waals surface area contributed by atoms with Crippen molar-refractivity contribution in [2.24, 2.45) is 0 Å². The van der Waals surface area contributed by atoms with Crippen LogP contribution in [0.15, 0.2) is 141 Å². The van der Waals surface area contributed by atoms with Crippen LogP contribution in [0.4, 0.5) is 41.0 Å². The number of pyridine rings is 4. The number of imidazole rings is 3. The van der Waals surface area contributed by atoms with E-state index >= 15 is 0 Å². The molecule has 0 spiro atoms. The van der Waals surface area contributed by atoms with Gasteiger partial charge in [-0.2, -0.15) is 0 Å². The second-order valence-corrected chi connectivity index (χ2v) is 24.3. The van der Waals surface area contributed by atoms with Gasteiger partial charge in [0.25, 0.3) is 0 Å². The summed E-state index contributed by atoms with van der Waals surface area (Å²) in [5.74, 6) is 0.549. The van der Waals surface area contributed by atoms with Gasteiger partial charge >= 0.3 is 24.3 Å². The van der Waals surface area contributed by atoms with Gasteiger partial charge in [0.1, 0.15) is 34.8 Å². The van der Waals surface area contributed by atoms with Crippen LogP contribution >= 0.6 is 0 Å². The highest BCUT2D eigenvalue weighted by atomic mass is 19.1. The van der Waals surface area contributed by atoms with Gasteiger partial charge in [-0.3, -0.25) is 45.7 Å². The molecule has 1 aliphatic carbocycles. The molecule has 2 saturated heterocycles. The second-order valence-electron chi connectivity index (χ2n) is 24.3. The molecule has 104 heavy (non-hydrogen) atoms. The second kappa shape index (κ2) is 33.7. The fourth-order valence-electron chi connectivity index (χ4n) is 12.1. The molecular formula is C74H75F2N19O9. The zero-order valence-corrected chi connectivity index (χ0v) is 57.3. The van der Waals surface area contributed by atoms with E-state index in [1.807, 2.05) is 66.9 Å². The van der Waals surface area contributed by atoms with Gasteiger partial charge < -0.3 is 43.4 Å². The maximum atomic E-state index is 14.7. The highest BCUT2D eigenvalue weighted by molar-refractivity contribution is 6.00. The van der Waals surface area contributed by atoms with E-state index in [0.29, 0.717) is 76.1 Å². The normalized spacial score (nSPS) is 14.2. The molecule has 0 radical (unpaired) electrons. The molecule has 28 nitrogen and oxygen atoms in total. The summed E-state index contributed by atoms with van der Waals surface area (Å²) >= 11 is 0. The smallest absolute Gasteiger partial charge is 0.413 e. The quantitative estimate of drug-likeness (QED) is 0.0435. The standard InChI is InChI=1S/C25H25FN6O3.C25H26N6O3.C24H24FN7O3/c1-2-35-25(33)31-24-29-22-12-17(11-20(23(22)30-24)21-6-4-18(26)14-28-21)16-3-5-19(27-13-16)15-32-7-9-34-10-8-32;1-2-33-25(32)31-23-29-21-13-16(12-19(22(21)30-23)20-10-6-7-11-26-20)17-14-27-24(28-15-17)34-18-8-4-3-5-9-18;1-2-35-24(33)31-23-29-19-11-15(10-17(22(19)30-23)21-18(25)4-3-5-26-21)16-12-27-20(28-13-16)14-32-6-8-34-9-7-32/h3-6,11-14H,2,7-10,15H2,1H3,(H2,29,30,31,33);6-7,10-15,18H,2-5,8-9H2,1H3,(H2,29,30,31,32);3-5,10-13H,2,6-9,14H2,1H3,(H2,29,30,31,33). The minimum Gasteiger partial charge on any atom is -0.460 e. The maximum Gasteiger partial charge on any atom is 0.413 e. The van der Waals surface area contributed by atoms with Crippen LogP contribution in [0.5, 0.6) is 6.01 Å². The molecule has 3 amide bonds. The van der Waals surface area contributed by atoms with Crippen LogP contribution in [-0.4, -0.2) is 176 Å². The number of ether oxygens (including phenoxy) is 6. The molecule has 0 unspecified atom stereocenters. The number of fused-ring (bicyclic) bond motifs is 3. The molecule has 3 aliphatic rings. The van der Waals surface area contributed by atoms with E-state index in [4.69, 9.17) is 28.4 Å². The number of benzene rings is 3. The lowest BCUT2D eigenvalue weighted by Gasteiger charge is -2.26. The molecule has 3 aromatic carbocycles. The average molecular weight is 1410 g/mol. The van der Waals surface area contributed by atoms with Crippen LogP contribution in [-0.2, 0) is 36.8 Å². The monoisotopic (exact) mass is 1410 g/mol. The molecule has 0 atom stereocenters. The molecule has 2 aliphatic heterocycles. The van der Waals surface area contributed by atoms with E-state index in [0.717, 1.165) is 120 Å². The molecule has 15 rings (SSSR count). The van der Waals surface area contributed by atoms with Crippen LogP contribution in [0, 0.1) is 11.6 Å².